The summed E-state index contributed by atoms with van der Waals surface area (Å²) in [4.78, 5) is 7.00. The molecule has 2 N–H and O–H groups in total. The van der Waals surface area contributed by atoms with Crippen LogP contribution in [0.1, 0.15) is 19.5 Å². The van der Waals surface area contributed by atoms with E-state index >= 15 is 0 Å². The average Bonchev–Trinajstić information content (AvgIpc) is 2.76. The number of hydrogen-bond donors (Lipinski definition) is 1. The molecule has 0 bridgehead atoms. The zero-order chi connectivity index (χ0) is 13.5. The summed E-state index contributed by atoms with van der Waals surface area (Å²) in [7, 11) is 0. The van der Waals surface area contributed by atoms with Crippen molar-refractivity contribution in [3.8, 4) is 0 Å². The van der Waals surface area contributed by atoms with Crippen molar-refractivity contribution >= 4 is 11.5 Å². The lowest BCUT2D eigenvalue weighted by atomic mass is 10.1. The van der Waals surface area contributed by atoms with Crippen molar-refractivity contribution in [3.05, 3.63) is 30.1 Å². The summed E-state index contributed by atoms with van der Waals surface area (Å²) in [6.07, 6.45) is 2.01. The maximum absolute atomic E-state index is 5.92. The highest BCUT2D eigenvalue weighted by Gasteiger charge is 2.29. The van der Waals surface area contributed by atoms with Gasteiger partial charge in [0.05, 0.1) is 17.9 Å². The number of pyridine rings is 1. The van der Waals surface area contributed by atoms with Crippen LogP contribution in [0.15, 0.2) is 24.4 Å². The average molecular weight is 260 g/mol. The third-order valence-corrected chi connectivity index (χ3v) is 3.53. The van der Waals surface area contributed by atoms with E-state index in [1.807, 2.05) is 24.4 Å². The molecule has 0 unspecified atom stereocenters. The SMILES string of the molecule is CC1(C)CN(c2nc3ccccn3c2CN)CCO1. The normalized spacial score (nSPS) is 19.0. The van der Waals surface area contributed by atoms with Gasteiger partial charge in [-0.2, -0.15) is 0 Å². The molecule has 2 aromatic heterocycles. The van der Waals surface area contributed by atoms with E-state index < -0.39 is 0 Å². The number of nitrogens with zero attached hydrogens (tertiary/aromatic N) is 3. The molecule has 0 radical (unpaired) electrons. The Balaban J connectivity index is 2.04. The molecule has 1 aliphatic rings. The summed E-state index contributed by atoms with van der Waals surface area (Å²) in [5.74, 6) is 0.991. The van der Waals surface area contributed by atoms with E-state index in [1.54, 1.807) is 0 Å². The third kappa shape index (κ3) is 2.19. The molecule has 2 aromatic rings. The van der Waals surface area contributed by atoms with Gasteiger partial charge in [0, 0.05) is 25.8 Å². The largest absolute Gasteiger partial charge is 0.372 e. The van der Waals surface area contributed by atoms with Crippen LogP contribution in [-0.4, -0.2) is 34.7 Å². The van der Waals surface area contributed by atoms with Gasteiger partial charge in [-0.1, -0.05) is 6.07 Å². The Morgan fingerprint density at radius 1 is 1.42 bits per heavy atom. The Bertz CT molecular complexity index is 590. The van der Waals surface area contributed by atoms with E-state index in [1.165, 1.54) is 0 Å². The molecule has 5 heteroatoms. The second kappa shape index (κ2) is 4.51. The molecule has 102 valence electrons. The Labute approximate surface area is 113 Å². The molecule has 3 heterocycles. The fourth-order valence-corrected chi connectivity index (χ4v) is 2.67. The number of imidazole rings is 1. The standard InChI is InChI=1S/C14H20N4O/c1-14(2)10-17(7-8-19-14)13-11(9-15)18-6-4-3-5-12(18)16-13/h3-6H,7-10,15H2,1-2H3. The van der Waals surface area contributed by atoms with Gasteiger partial charge in [0.2, 0.25) is 0 Å². The Morgan fingerprint density at radius 2 is 2.26 bits per heavy atom. The van der Waals surface area contributed by atoms with Crippen LogP contribution in [0.4, 0.5) is 5.82 Å². The fourth-order valence-electron chi connectivity index (χ4n) is 2.67. The van der Waals surface area contributed by atoms with Crippen molar-refractivity contribution in [2.75, 3.05) is 24.6 Å². The van der Waals surface area contributed by atoms with Gasteiger partial charge < -0.3 is 19.8 Å². The molecule has 1 saturated heterocycles. The van der Waals surface area contributed by atoms with Crippen molar-refractivity contribution in [2.24, 2.45) is 5.73 Å². The van der Waals surface area contributed by atoms with E-state index in [-0.39, 0.29) is 5.60 Å². The van der Waals surface area contributed by atoms with Gasteiger partial charge in [0.25, 0.3) is 0 Å². The first-order valence-corrected chi connectivity index (χ1v) is 6.66. The second-order valence-corrected chi connectivity index (χ2v) is 5.54. The van der Waals surface area contributed by atoms with Crippen molar-refractivity contribution in [3.63, 3.8) is 0 Å². The van der Waals surface area contributed by atoms with Gasteiger partial charge in [-0.05, 0) is 26.0 Å². The highest BCUT2D eigenvalue weighted by molar-refractivity contribution is 5.56. The lowest BCUT2D eigenvalue weighted by Gasteiger charge is -2.38. The number of anilines is 1. The molecule has 0 aromatic carbocycles. The van der Waals surface area contributed by atoms with E-state index in [4.69, 9.17) is 15.5 Å². The van der Waals surface area contributed by atoms with Crippen molar-refractivity contribution in [1.82, 2.24) is 9.38 Å². The van der Waals surface area contributed by atoms with Crippen molar-refractivity contribution < 1.29 is 4.74 Å². The van der Waals surface area contributed by atoms with Crippen molar-refractivity contribution in [1.29, 1.82) is 0 Å². The van der Waals surface area contributed by atoms with E-state index in [0.29, 0.717) is 6.54 Å². The molecule has 0 atom stereocenters. The van der Waals surface area contributed by atoms with Gasteiger partial charge >= 0.3 is 0 Å². The number of rotatable bonds is 2. The predicted octanol–water partition coefficient (Wildman–Crippen LogP) is 1.41. The number of aromatic nitrogens is 2. The zero-order valence-electron chi connectivity index (χ0n) is 11.5. The quantitative estimate of drug-likeness (QED) is 0.887. The predicted molar refractivity (Wildman–Crippen MR) is 75.3 cm³/mol. The molecule has 0 spiro atoms. The summed E-state index contributed by atoms with van der Waals surface area (Å²) in [6.45, 7) is 7.13. The summed E-state index contributed by atoms with van der Waals surface area (Å²) in [6, 6.07) is 6.00. The van der Waals surface area contributed by atoms with E-state index in [2.05, 4.69) is 23.1 Å². The minimum absolute atomic E-state index is 0.139. The summed E-state index contributed by atoms with van der Waals surface area (Å²) in [5.41, 5.74) is 7.79. The van der Waals surface area contributed by atoms with Crippen LogP contribution >= 0.6 is 0 Å². The smallest absolute Gasteiger partial charge is 0.152 e. The molecule has 0 amide bonds. The first-order chi connectivity index (χ1) is 9.11. The second-order valence-electron chi connectivity index (χ2n) is 5.54. The molecule has 19 heavy (non-hydrogen) atoms. The molecular weight excluding hydrogens is 240 g/mol. The van der Waals surface area contributed by atoms with Crippen LogP contribution in [-0.2, 0) is 11.3 Å². The topological polar surface area (TPSA) is 55.8 Å². The Morgan fingerprint density at radius 3 is 3.00 bits per heavy atom. The van der Waals surface area contributed by atoms with Crippen molar-refractivity contribution in [2.45, 2.75) is 26.0 Å². The minimum Gasteiger partial charge on any atom is -0.372 e. The monoisotopic (exact) mass is 260 g/mol. The molecule has 3 rings (SSSR count). The van der Waals surface area contributed by atoms with Gasteiger partial charge in [-0.3, -0.25) is 0 Å². The number of ether oxygens (including phenoxy) is 1. The van der Waals surface area contributed by atoms with E-state index in [9.17, 15) is 0 Å². The summed E-state index contributed by atoms with van der Waals surface area (Å²) >= 11 is 0. The van der Waals surface area contributed by atoms with Crippen LogP contribution in [0.5, 0.6) is 0 Å². The van der Waals surface area contributed by atoms with Crippen LogP contribution in [0.3, 0.4) is 0 Å². The highest BCUT2D eigenvalue weighted by Crippen LogP contribution is 2.26. The highest BCUT2D eigenvalue weighted by atomic mass is 16.5. The van der Waals surface area contributed by atoms with Gasteiger partial charge in [-0.25, -0.2) is 4.98 Å². The molecule has 1 aliphatic heterocycles. The Hall–Kier alpha value is -1.59. The molecule has 0 aliphatic carbocycles. The van der Waals surface area contributed by atoms with Gasteiger partial charge in [0.15, 0.2) is 5.82 Å². The summed E-state index contributed by atoms with van der Waals surface area (Å²) in [5, 5.41) is 0. The van der Waals surface area contributed by atoms with Gasteiger partial charge in [-0.15, -0.1) is 0 Å². The fraction of sp³-hybridized carbons (Fsp3) is 0.500. The first kappa shape index (κ1) is 12.4. The zero-order valence-corrected chi connectivity index (χ0v) is 11.5. The number of hydrogen-bond acceptors (Lipinski definition) is 4. The minimum atomic E-state index is -0.139. The molecule has 0 saturated carbocycles. The van der Waals surface area contributed by atoms with Crippen LogP contribution in [0, 0.1) is 0 Å². The van der Waals surface area contributed by atoms with Crippen LogP contribution in [0.2, 0.25) is 0 Å². The van der Waals surface area contributed by atoms with Gasteiger partial charge in [0.1, 0.15) is 5.65 Å². The lowest BCUT2D eigenvalue weighted by Crippen LogP contribution is -2.48. The molecule has 1 fully saturated rings. The maximum atomic E-state index is 5.92. The van der Waals surface area contributed by atoms with E-state index in [0.717, 1.165) is 36.9 Å². The molecular formula is C14H20N4O. The Kier molecular flexibility index (Phi) is 2.95. The maximum Gasteiger partial charge on any atom is 0.152 e. The van der Waals surface area contributed by atoms with Crippen LogP contribution < -0.4 is 10.6 Å². The lowest BCUT2D eigenvalue weighted by molar-refractivity contribution is -0.0279. The third-order valence-electron chi connectivity index (χ3n) is 3.53. The number of fused-ring (bicyclic) bond motifs is 1. The number of nitrogens with two attached hydrogens (primary N) is 1. The summed E-state index contributed by atoms with van der Waals surface area (Å²) < 4.78 is 7.82. The first-order valence-electron chi connectivity index (χ1n) is 6.66. The van der Waals surface area contributed by atoms with Crippen LogP contribution in [0.25, 0.3) is 5.65 Å². The molecule has 5 nitrogen and oxygen atoms in total. The number of morpholine rings is 1.